The Balaban J connectivity index is 1.17. The molecule has 206 valence electrons. The van der Waals surface area contributed by atoms with Gasteiger partial charge in [-0.25, -0.2) is 15.1 Å². The smallest absolute Gasteiger partial charge is 0.338 e. The van der Waals surface area contributed by atoms with Gasteiger partial charge in [0.05, 0.1) is 30.3 Å². The molecule has 41 heavy (non-hydrogen) atoms. The van der Waals surface area contributed by atoms with Crippen LogP contribution in [0, 0.1) is 0 Å². The van der Waals surface area contributed by atoms with E-state index in [4.69, 9.17) is 9.47 Å². The van der Waals surface area contributed by atoms with Crippen LogP contribution < -0.4 is 20.5 Å². The van der Waals surface area contributed by atoms with Crippen molar-refractivity contribution in [3.63, 3.8) is 0 Å². The number of nitrogens with zero attached hydrogens (tertiary/aromatic N) is 1. The highest BCUT2D eigenvalue weighted by molar-refractivity contribution is 6.22. The number of nitrogens with one attached hydrogen (secondary N) is 2. The molecule has 0 saturated carbocycles. The van der Waals surface area contributed by atoms with E-state index in [1.54, 1.807) is 36.4 Å². The molecule has 1 heterocycles. The Bertz CT molecular complexity index is 1670. The van der Waals surface area contributed by atoms with Crippen LogP contribution >= 0.6 is 0 Å². The van der Waals surface area contributed by atoms with E-state index in [-0.39, 0.29) is 17.7 Å². The lowest BCUT2D eigenvalue weighted by molar-refractivity contribution is -0.121. The maximum atomic E-state index is 13.0. The van der Waals surface area contributed by atoms with Gasteiger partial charge in [-0.1, -0.05) is 42.5 Å². The third-order valence-corrected chi connectivity index (χ3v) is 6.62. The van der Waals surface area contributed by atoms with Crippen LogP contribution in [0.2, 0.25) is 0 Å². The quantitative estimate of drug-likeness (QED) is 0.140. The molecule has 2 N–H and O–H groups in total. The Kier molecular flexibility index (Phi) is 7.84. The van der Waals surface area contributed by atoms with Crippen molar-refractivity contribution in [2.45, 2.75) is 12.5 Å². The average molecular weight is 552 g/mol. The van der Waals surface area contributed by atoms with Crippen LogP contribution in [0.5, 0.6) is 5.75 Å². The second kappa shape index (κ2) is 11.8. The van der Waals surface area contributed by atoms with Crippen molar-refractivity contribution < 1.29 is 33.4 Å². The first kappa shape index (κ1) is 27.2. The lowest BCUT2D eigenvalue weighted by Crippen LogP contribution is -2.48. The maximum Gasteiger partial charge on any atom is 0.338 e. The van der Waals surface area contributed by atoms with Crippen LogP contribution in [0.1, 0.15) is 37.5 Å². The summed E-state index contributed by atoms with van der Waals surface area (Å²) in [4.78, 5) is 64.2. The maximum absolute atomic E-state index is 13.0. The molecule has 1 saturated heterocycles. The number of imide groups is 1. The molecule has 0 spiro atoms. The van der Waals surface area contributed by atoms with Crippen molar-refractivity contribution in [1.82, 2.24) is 10.9 Å². The number of ether oxygens (including phenoxy) is 2. The summed E-state index contributed by atoms with van der Waals surface area (Å²) < 4.78 is 10.3. The molecule has 3 amide bonds. The van der Waals surface area contributed by atoms with Gasteiger partial charge in [-0.3, -0.25) is 24.6 Å². The van der Waals surface area contributed by atoms with E-state index < -0.39 is 42.1 Å². The molecule has 4 aromatic rings. The Morgan fingerprint density at radius 1 is 0.854 bits per heavy atom. The zero-order valence-electron chi connectivity index (χ0n) is 22.0. The number of Topliss-reactive ketones (excluding diaryl/α,β-unsaturated/α-hetero) is 1. The largest absolute Gasteiger partial charge is 0.496 e. The monoisotopic (exact) mass is 551 g/mol. The van der Waals surface area contributed by atoms with Gasteiger partial charge >= 0.3 is 5.97 Å². The topological polar surface area (TPSA) is 131 Å². The minimum Gasteiger partial charge on any atom is -0.496 e. The standard InChI is InChI=1S/C31H25N3O7/c1-40-27-9-5-4-8-24(27)26(35)18-41-31(39)20-12-14-23(15-13-20)34-28(36)17-25(30(34)38)32-33-29(37)22-11-10-19-6-2-3-7-21(19)16-22/h2-16,25,32H,17-18H2,1H3,(H,33,37). The van der Waals surface area contributed by atoms with Gasteiger partial charge in [0.2, 0.25) is 11.7 Å². The lowest BCUT2D eigenvalue weighted by atomic mass is 10.1. The summed E-state index contributed by atoms with van der Waals surface area (Å²) in [6.07, 6.45) is -0.161. The molecule has 0 aliphatic carbocycles. The third kappa shape index (κ3) is 5.82. The molecule has 1 aliphatic rings. The molecular formula is C31H25N3O7. The number of hydrogen-bond donors (Lipinski definition) is 2. The number of hydrogen-bond acceptors (Lipinski definition) is 8. The average Bonchev–Trinajstić information content (AvgIpc) is 3.30. The van der Waals surface area contributed by atoms with Gasteiger partial charge in [-0.05, 0) is 59.3 Å². The molecule has 0 radical (unpaired) electrons. The van der Waals surface area contributed by atoms with Crippen molar-refractivity contribution in [3.8, 4) is 5.75 Å². The number of methoxy groups -OCH3 is 1. The lowest BCUT2D eigenvalue weighted by Gasteiger charge is -2.16. The highest BCUT2D eigenvalue weighted by Crippen LogP contribution is 2.24. The van der Waals surface area contributed by atoms with E-state index in [2.05, 4.69) is 10.9 Å². The van der Waals surface area contributed by atoms with E-state index >= 15 is 0 Å². The predicted molar refractivity (Wildman–Crippen MR) is 149 cm³/mol. The normalized spacial score (nSPS) is 14.7. The van der Waals surface area contributed by atoms with Crippen molar-refractivity contribution in [1.29, 1.82) is 0 Å². The van der Waals surface area contributed by atoms with E-state index in [0.717, 1.165) is 15.7 Å². The fraction of sp³-hybridized carbons (Fsp3) is 0.129. The van der Waals surface area contributed by atoms with Crippen molar-refractivity contribution in [2.75, 3.05) is 18.6 Å². The molecule has 1 fully saturated rings. The number of ketones is 1. The van der Waals surface area contributed by atoms with Gasteiger partial charge in [0.15, 0.2) is 6.61 Å². The number of hydrazine groups is 1. The van der Waals surface area contributed by atoms with Crippen LogP contribution in [0.15, 0.2) is 91.0 Å². The second-order valence-corrected chi connectivity index (χ2v) is 9.23. The number of anilines is 1. The molecule has 10 nitrogen and oxygen atoms in total. The Labute approximate surface area is 234 Å². The van der Waals surface area contributed by atoms with Gasteiger partial charge in [-0.2, -0.15) is 0 Å². The molecule has 5 rings (SSSR count). The van der Waals surface area contributed by atoms with E-state index in [1.807, 2.05) is 30.3 Å². The first-order chi connectivity index (χ1) is 19.9. The molecule has 4 aromatic carbocycles. The molecular weight excluding hydrogens is 526 g/mol. The number of fused-ring (bicyclic) bond motifs is 1. The Morgan fingerprint density at radius 2 is 1.54 bits per heavy atom. The van der Waals surface area contributed by atoms with Gasteiger partial charge in [0.1, 0.15) is 11.8 Å². The molecule has 10 heteroatoms. The van der Waals surface area contributed by atoms with Crippen molar-refractivity contribution >= 4 is 45.9 Å². The SMILES string of the molecule is COc1ccccc1C(=O)COC(=O)c1ccc(N2C(=O)CC(NNC(=O)c3ccc4ccccc4c3)C2=O)cc1. The molecule has 0 bridgehead atoms. The summed E-state index contributed by atoms with van der Waals surface area (Å²) in [6.45, 7) is -0.484. The number of amides is 3. The second-order valence-electron chi connectivity index (χ2n) is 9.23. The van der Waals surface area contributed by atoms with Crippen molar-refractivity contribution in [2.24, 2.45) is 0 Å². The van der Waals surface area contributed by atoms with Gasteiger partial charge < -0.3 is 9.47 Å². The summed E-state index contributed by atoms with van der Waals surface area (Å²) in [5.41, 5.74) is 6.25. The van der Waals surface area contributed by atoms with Crippen LogP contribution in [-0.2, 0) is 14.3 Å². The van der Waals surface area contributed by atoms with Crippen LogP contribution in [0.25, 0.3) is 10.8 Å². The van der Waals surface area contributed by atoms with Crippen LogP contribution in [0.4, 0.5) is 5.69 Å². The van der Waals surface area contributed by atoms with E-state index in [9.17, 15) is 24.0 Å². The van der Waals surface area contributed by atoms with Crippen LogP contribution in [-0.4, -0.2) is 49.2 Å². The Morgan fingerprint density at radius 3 is 2.29 bits per heavy atom. The highest BCUT2D eigenvalue weighted by atomic mass is 16.5. The molecule has 1 unspecified atom stereocenters. The van der Waals surface area contributed by atoms with Gasteiger partial charge in [0.25, 0.3) is 11.8 Å². The summed E-state index contributed by atoms with van der Waals surface area (Å²) in [6, 6.07) is 24.2. The fourth-order valence-corrected chi connectivity index (χ4v) is 4.49. The first-order valence-corrected chi connectivity index (χ1v) is 12.7. The number of benzene rings is 4. The van der Waals surface area contributed by atoms with Gasteiger partial charge in [0, 0.05) is 5.56 Å². The summed E-state index contributed by atoms with van der Waals surface area (Å²) in [5.74, 6) is -2.25. The minimum absolute atomic E-state index is 0.137. The highest BCUT2D eigenvalue weighted by Gasteiger charge is 2.39. The fourth-order valence-electron chi connectivity index (χ4n) is 4.49. The first-order valence-electron chi connectivity index (χ1n) is 12.7. The summed E-state index contributed by atoms with van der Waals surface area (Å²) in [7, 11) is 1.44. The summed E-state index contributed by atoms with van der Waals surface area (Å²) in [5, 5.41) is 1.89. The molecule has 1 aliphatic heterocycles. The number of carbonyl (C=O) groups excluding carboxylic acids is 5. The predicted octanol–water partition coefficient (Wildman–Crippen LogP) is 3.45. The molecule has 0 aromatic heterocycles. The van der Waals surface area contributed by atoms with E-state index in [0.29, 0.717) is 16.9 Å². The number of esters is 1. The van der Waals surface area contributed by atoms with E-state index in [1.165, 1.54) is 31.4 Å². The third-order valence-electron chi connectivity index (χ3n) is 6.62. The number of carbonyl (C=O) groups is 5. The number of para-hydroxylation sites is 1. The molecule has 1 atom stereocenters. The zero-order valence-corrected chi connectivity index (χ0v) is 22.0. The van der Waals surface area contributed by atoms with Gasteiger partial charge in [-0.15, -0.1) is 0 Å². The van der Waals surface area contributed by atoms with Crippen molar-refractivity contribution in [3.05, 3.63) is 108 Å². The Hall–Kier alpha value is -5.35. The zero-order chi connectivity index (χ0) is 28.9. The summed E-state index contributed by atoms with van der Waals surface area (Å²) >= 11 is 0. The van der Waals surface area contributed by atoms with Crippen LogP contribution in [0.3, 0.4) is 0 Å². The minimum atomic E-state index is -0.961. The number of rotatable bonds is 9.